The Balaban J connectivity index is 2.03. The molecule has 0 unspecified atom stereocenters. The van der Waals surface area contributed by atoms with E-state index >= 15 is 0 Å². The van der Waals surface area contributed by atoms with E-state index in [0.29, 0.717) is 16.9 Å². The van der Waals surface area contributed by atoms with E-state index in [9.17, 15) is 0 Å². The first-order valence-corrected chi connectivity index (χ1v) is 6.48. The highest BCUT2D eigenvalue weighted by atomic mass is 35.5. The van der Waals surface area contributed by atoms with Crippen LogP contribution in [0.25, 0.3) is 0 Å². The topological polar surface area (TPSA) is 63.4 Å². The molecule has 0 saturated carbocycles. The molecule has 100 valence electrons. The van der Waals surface area contributed by atoms with Crippen LogP contribution in [-0.4, -0.2) is 36.2 Å². The van der Waals surface area contributed by atoms with E-state index in [1.807, 2.05) is 6.07 Å². The Kier molecular flexibility index (Phi) is 4.77. The minimum absolute atomic E-state index is 0.533. The zero-order chi connectivity index (χ0) is 13.0. The molecule has 1 aliphatic rings. The highest BCUT2D eigenvalue weighted by molar-refractivity contribution is 6.31. The standard InChI is InChI=1S/C12H19ClN4O/c1-17(9-4-6-18-7-5-9)8-11-10(13)2-3-12(15-11)16-14/h2-3,9H,4-8,14H2,1H3,(H,15,16). The van der Waals surface area contributed by atoms with Gasteiger partial charge in [-0.05, 0) is 32.0 Å². The van der Waals surface area contributed by atoms with Gasteiger partial charge < -0.3 is 10.2 Å². The van der Waals surface area contributed by atoms with Crippen molar-refractivity contribution in [1.82, 2.24) is 9.88 Å². The zero-order valence-electron chi connectivity index (χ0n) is 10.5. The van der Waals surface area contributed by atoms with Gasteiger partial charge in [-0.25, -0.2) is 10.8 Å². The number of nitrogen functional groups attached to an aromatic ring is 1. The number of hydrogen-bond donors (Lipinski definition) is 2. The number of nitrogens with one attached hydrogen (secondary N) is 1. The van der Waals surface area contributed by atoms with E-state index in [2.05, 4.69) is 22.4 Å². The first-order chi connectivity index (χ1) is 8.70. The highest BCUT2D eigenvalue weighted by Crippen LogP contribution is 2.20. The maximum absolute atomic E-state index is 6.15. The first kappa shape index (κ1) is 13.5. The summed E-state index contributed by atoms with van der Waals surface area (Å²) in [6.45, 7) is 2.39. The van der Waals surface area contributed by atoms with Crippen molar-refractivity contribution < 1.29 is 4.74 Å². The monoisotopic (exact) mass is 270 g/mol. The van der Waals surface area contributed by atoms with Gasteiger partial charge in [0.2, 0.25) is 0 Å². The number of aromatic nitrogens is 1. The maximum atomic E-state index is 6.15. The van der Waals surface area contributed by atoms with Gasteiger partial charge in [0.15, 0.2) is 0 Å². The summed E-state index contributed by atoms with van der Waals surface area (Å²) in [6, 6.07) is 4.11. The molecule has 6 heteroatoms. The van der Waals surface area contributed by atoms with Gasteiger partial charge in [-0.2, -0.15) is 0 Å². The number of ether oxygens (including phenoxy) is 1. The van der Waals surface area contributed by atoms with Gasteiger partial charge in [0.25, 0.3) is 0 Å². The van der Waals surface area contributed by atoms with E-state index in [1.54, 1.807) is 6.07 Å². The van der Waals surface area contributed by atoms with Crippen LogP contribution >= 0.6 is 11.6 Å². The molecule has 5 nitrogen and oxygen atoms in total. The summed E-state index contributed by atoms with van der Waals surface area (Å²) in [6.07, 6.45) is 2.12. The summed E-state index contributed by atoms with van der Waals surface area (Å²) in [4.78, 5) is 6.66. The fourth-order valence-corrected chi connectivity index (χ4v) is 2.33. The molecule has 2 rings (SSSR count). The number of nitrogens with two attached hydrogens (primary N) is 1. The average Bonchev–Trinajstić information content (AvgIpc) is 2.42. The summed E-state index contributed by atoms with van der Waals surface area (Å²) >= 11 is 6.15. The van der Waals surface area contributed by atoms with Crippen molar-refractivity contribution in [2.75, 3.05) is 25.7 Å². The van der Waals surface area contributed by atoms with Crippen LogP contribution < -0.4 is 11.3 Å². The first-order valence-electron chi connectivity index (χ1n) is 6.10. The quantitative estimate of drug-likeness (QED) is 0.643. The number of hydrogen-bond acceptors (Lipinski definition) is 5. The van der Waals surface area contributed by atoms with Gasteiger partial charge in [-0.15, -0.1) is 0 Å². The average molecular weight is 271 g/mol. The second-order valence-corrected chi connectivity index (χ2v) is 4.94. The van der Waals surface area contributed by atoms with E-state index in [4.69, 9.17) is 22.2 Å². The molecule has 0 aliphatic carbocycles. The molecule has 0 bridgehead atoms. The zero-order valence-corrected chi connectivity index (χ0v) is 11.3. The molecule has 2 heterocycles. The Hall–Kier alpha value is -0.880. The summed E-state index contributed by atoms with van der Waals surface area (Å²) in [5.41, 5.74) is 3.39. The smallest absolute Gasteiger partial charge is 0.140 e. The van der Waals surface area contributed by atoms with Gasteiger partial charge in [-0.1, -0.05) is 11.6 Å². The van der Waals surface area contributed by atoms with Crippen LogP contribution in [0.15, 0.2) is 12.1 Å². The molecule has 0 radical (unpaired) electrons. The van der Waals surface area contributed by atoms with Crippen molar-refractivity contribution in [3.05, 3.63) is 22.8 Å². The SMILES string of the molecule is CN(Cc1nc(NN)ccc1Cl)C1CCOCC1. The lowest BCUT2D eigenvalue weighted by Gasteiger charge is -2.31. The third kappa shape index (κ3) is 3.32. The van der Waals surface area contributed by atoms with E-state index in [0.717, 1.165) is 38.3 Å². The van der Waals surface area contributed by atoms with E-state index in [1.165, 1.54) is 0 Å². The predicted octanol–water partition coefficient (Wildman–Crippen LogP) is 1.63. The number of rotatable bonds is 4. The van der Waals surface area contributed by atoms with E-state index in [-0.39, 0.29) is 0 Å². The van der Waals surface area contributed by atoms with Crippen LogP contribution in [0.3, 0.4) is 0 Å². The molecule has 1 saturated heterocycles. The van der Waals surface area contributed by atoms with Crippen molar-refractivity contribution in [3.63, 3.8) is 0 Å². The minimum Gasteiger partial charge on any atom is -0.381 e. The van der Waals surface area contributed by atoms with Gasteiger partial charge >= 0.3 is 0 Å². The molecule has 1 aromatic rings. The second kappa shape index (κ2) is 6.33. The Labute approximate surface area is 112 Å². The van der Waals surface area contributed by atoms with Crippen molar-refractivity contribution in [2.45, 2.75) is 25.4 Å². The lowest BCUT2D eigenvalue weighted by molar-refractivity contribution is 0.0403. The number of hydrazine groups is 1. The summed E-state index contributed by atoms with van der Waals surface area (Å²) in [7, 11) is 2.09. The Morgan fingerprint density at radius 3 is 2.89 bits per heavy atom. The summed E-state index contributed by atoms with van der Waals surface area (Å²) < 4.78 is 5.37. The third-order valence-electron chi connectivity index (χ3n) is 3.28. The van der Waals surface area contributed by atoms with Crippen molar-refractivity contribution in [2.24, 2.45) is 5.84 Å². The molecule has 0 aromatic carbocycles. The van der Waals surface area contributed by atoms with Crippen molar-refractivity contribution >= 4 is 17.4 Å². The van der Waals surface area contributed by atoms with Gasteiger partial charge in [0, 0.05) is 25.8 Å². The Bertz CT molecular complexity index is 396. The second-order valence-electron chi connectivity index (χ2n) is 4.53. The van der Waals surface area contributed by atoms with E-state index < -0.39 is 0 Å². The van der Waals surface area contributed by atoms with Crippen LogP contribution in [-0.2, 0) is 11.3 Å². The fourth-order valence-electron chi connectivity index (χ4n) is 2.17. The Morgan fingerprint density at radius 2 is 2.22 bits per heavy atom. The highest BCUT2D eigenvalue weighted by Gasteiger charge is 2.19. The fraction of sp³-hybridized carbons (Fsp3) is 0.583. The lowest BCUT2D eigenvalue weighted by atomic mass is 10.1. The van der Waals surface area contributed by atoms with Crippen LogP contribution in [0.5, 0.6) is 0 Å². The molecule has 0 amide bonds. The van der Waals surface area contributed by atoms with Crippen LogP contribution in [0.1, 0.15) is 18.5 Å². The minimum atomic E-state index is 0.533. The normalized spacial score (nSPS) is 17.1. The van der Waals surface area contributed by atoms with Crippen LogP contribution in [0, 0.1) is 0 Å². The Morgan fingerprint density at radius 1 is 1.50 bits per heavy atom. The number of pyridine rings is 1. The molecule has 1 aromatic heterocycles. The van der Waals surface area contributed by atoms with Gasteiger partial charge in [0.05, 0.1) is 10.7 Å². The van der Waals surface area contributed by atoms with Crippen LogP contribution in [0.4, 0.5) is 5.82 Å². The molecular weight excluding hydrogens is 252 g/mol. The lowest BCUT2D eigenvalue weighted by Crippen LogP contribution is -2.36. The molecule has 0 atom stereocenters. The van der Waals surface area contributed by atoms with Crippen LogP contribution in [0.2, 0.25) is 5.02 Å². The number of halogens is 1. The van der Waals surface area contributed by atoms with Crippen molar-refractivity contribution in [3.8, 4) is 0 Å². The molecule has 3 N–H and O–H groups in total. The third-order valence-corrected chi connectivity index (χ3v) is 3.62. The van der Waals surface area contributed by atoms with Crippen molar-refractivity contribution in [1.29, 1.82) is 0 Å². The predicted molar refractivity (Wildman–Crippen MR) is 72.4 cm³/mol. The largest absolute Gasteiger partial charge is 0.381 e. The molecule has 18 heavy (non-hydrogen) atoms. The summed E-state index contributed by atoms with van der Waals surface area (Å²) in [5.74, 6) is 5.99. The van der Waals surface area contributed by atoms with Gasteiger partial charge in [-0.3, -0.25) is 4.90 Å². The number of anilines is 1. The molecular formula is C12H19ClN4O. The maximum Gasteiger partial charge on any atom is 0.140 e. The molecule has 1 fully saturated rings. The summed E-state index contributed by atoms with van der Waals surface area (Å²) in [5, 5.41) is 0.674. The molecule has 0 spiro atoms. The number of nitrogens with zero attached hydrogens (tertiary/aromatic N) is 2. The molecule has 1 aliphatic heterocycles. The van der Waals surface area contributed by atoms with Gasteiger partial charge in [0.1, 0.15) is 5.82 Å².